The van der Waals surface area contributed by atoms with Crippen LogP contribution in [0, 0.1) is 0 Å². The molecule has 1 N–H and O–H groups in total. The number of aliphatic hydroxyl groups excluding tert-OH is 1. The highest BCUT2D eigenvalue weighted by atomic mass is 32.2. The first kappa shape index (κ1) is 9.75. The van der Waals surface area contributed by atoms with Crippen LogP contribution in [0.1, 0.15) is 26.2 Å². The Labute approximate surface area is 77.3 Å². The maximum absolute atomic E-state index is 8.88. The van der Waals surface area contributed by atoms with Crippen LogP contribution < -0.4 is 0 Å². The topological polar surface area (TPSA) is 20.2 Å². The summed E-state index contributed by atoms with van der Waals surface area (Å²) in [6.45, 7) is 2.59. The van der Waals surface area contributed by atoms with E-state index in [1.807, 2.05) is 23.5 Å². The van der Waals surface area contributed by atoms with E-state index in [9.17, 15) is 0 Å². The highest BCUT2D eigenvalue weighted by Gasteiger charge is 2.24. The molecule has 0 aliphatic carbocycles. The lowest BCUT2D eigenvalue weighted by Gasteiger charge is -2.06. The van der Waals surface area contributed by atoms with Crippen molar-refractivity contribution < 1.29 is 5.11 Å². The molecule has 0 aromatic heterocycles. The molecule has 0 aromatic rings. The molecule has 1 nitrogen and oxygen atoms in total. The van der Waals surface area contributed by atoms with E-state index in [0.717, 1.165) is 10.3 Å². The maximum atomic E-state index is 8.88. The fourth-order valence-electron chi connectivity index (χ4n) is 1.13. The SMILES string of the molecule is CCCC[C@@H]1SC[C@H](CO)S1. The first-order chi connectivity index (χ1) is 5.36. The molecule has 2 atom stereocenters. The van der Waals surface area contributed by atoms with Gasteiger partial charge in [-0.2, -0.15) is 0 Å². The molecule has 66 valence electrons. The molecule has 1 saturated heterocycles. The van der Waals surface area contributed by atoms with E-state index in [-0.39, 0.29) is 0 Å². The fraction of sp³-hybridized carbons (Fsp3) is 1.00. The summed E-state index contributed by atoms with van der Waals surface area (Å²) in [5.41, 5.74) is 0. The van der Waals surface area contributed by atoms with E-state index >= 15 is 0 Å². The van der Waals surface area contributed by atoms with Crippen molar-refractivity contribution in [3.63, 3.8) is 0 Å². The molecule has 0 unspecified atom stereocenters. The molecular weight excluding hydrogens is 176 g/mol. The van der Waals surface area contributed by atoms with Crippen LogP contribution in [0.5, 0.6) is 0 Å². The number of rotatable bonds is 4. The monoisotopic (exact) mass is 192 g/mol. The Morgan fingerprint density at radius 2 is 2.36 bits per heavy atom. The Kier molecular flexibility index (Phi) is 4.72. The van der Waals surface area contributed by atoms with E-state index in [2.05, 4.69) is 6.92 Å². The molecule has 0 amide bonds. The molecule has 1 aliphatic heterocycles. The standard InChI is InChI=1S/C8H16OS2/c1-2-3-4-8-10-6-7(5-9)11-8/h7-9H,2-6H2,1H3/t7-,8+/m0/s1. The van der Waals surface area contributed by atoms with Gasteiger partial charge in [-0.15, -0.1) is 23.5 Å². The van der Waals surface area contributed by atoms with E-state index in [4.69, 9.17) is 5.11 Å². The Hall–Kier alpha value is 0.660. The van der Waals surface area contributed by atoms with Crippen LogP contribution >= 0.6 is 23.5 Å². The molecule has 0 bridgehead atoms. The average molecular weight is 192 g/mol. The van der Waals surface area contributed by atoms with Gasteiger partial charge in [0.15, 0.2) is 0 Å². The Morgan fingerprint density at radius 1 is 1.55 bits per heavy atom. The van der Waals surface area contributed by atoms with Crippen molar-refractivity contribution >= 4 is 23.5 Å². The quantitative estimate of drug-likeness (QED) is 0.738. The second-order valence-corrected chi connectivity index (χ2v) is 5.89. The fourth-order valence-corrected chi connectivity index (χ4v) is 4.38. The number of unbranched alkanes of at least 4 members (excludes halogenated alkanes) is 1. The minimum atomic E-state index is 0.361. The smallest absolute Gasteiger partial charge is 0.0558 e. The van der Waals surface area contributed by atoms with E-state index in [1.165, 1.54) is 19.3 Å². The van der Waals surface area contributed by atoms with Crippen LogP contribution in [0.15, 0.2) is 0 Å². The van der Waals surface area contributed by atoms with Gasteiger partial charge in [-0.05, 0) is 6.42 Å². The Balaban J connectivity index is 2.09. The Bertz CT molecular complexity index is 108. The van der Waals surface area contributed by atoms with Crippen molar-refractivity contribution in [3.05, 3.63) is 0 Å². The Morgan fingerprint density at radius 3 is 2.91 bits per heavy atom. The van der Waals surface area contributed by atoms with Crippen molar-refractivity contribution in [2.75, 3.05) is 12.4 Å². The predicted octanol–water partition coefficient (Wildman–Crippen LogP) is 2.34. The largest absolute Gasteiger partial charge is 0.395 e. The average Bonchev–Trinajstić information content (AvgIpc) is 2.48. The van der Waals surface area contributed by atoms with Crippen LogP contribution in [0.2, 0.25) is 0 Å². The predicted molar refractivity (Wildman–Crippen MR) is 54.2 cm³/mol. The molecule has 0 aromatic carbocycles. The number of aliphatic hydroxyl groups is 1. The number of hydrogen-bond donors (Lipinski definition) is 1. The second kappa shape index (κ2) is 5.33. The molecule has 0 saturated carbocycles. The van der Waals surface area contributed by atoms with Gasteiger partial charge in [-0.3, -0.25) is 0 Å². The van der Waals surface area contributed by atoms with Gasteiger partial charge in [0.05, 0.1) is 11.2 Å². The zero-order valence-corrected chi connectivity index (χ0v) is 8.59. The first-order valence-corrected chi connectivity index (χ1v) is 6.24. The van der Waals surface area contributed by atoms with Crippen LogP contribution in [0.4, 0.5) is 0 Å². The van der Waals surface area contributed by atoms with Crippen molar-refractivity contribution in [2.24, 2.45) is 0 Å². The van der Waals surface area contributed by atoms with Gasteiger partial charge in [0, 0.05) is 11.0 Å². The molecule has 11 heavy (non-hydrogen) atoms. The summed E-state index contributed by atoms with van der Waals surface area (Å²) in [6.07, 6.45) is 3.95. The van der Waals surface area contributed by atoms with Crippen LogP contribution in [-0.4, -0.2) is 27.3 Å². The number of thioether (sulfide) groups is 2. The van der Waals surface area contributed by atoms with E-state index in [1.54, 1.807) is 0 Å². The molecule has 1 rings (SSSR count). The third kappa shape index (κ3) is 3.26. The van der Waals surface area contributed by atoms with Crippen LogP contribution in [0.25, 0.3) is 0 Å². The van der Waals surface area contributed by atoms with Crippen LogP contribution in [-0.2, 0) is 0 Å². The highest BCUT2D eigenvalue weighted by Crippen LogP contribution is 2.40. The van der Waals surface area contributed by atoms with Crippen molar-refractivity contribution in [1.82, 2.24) is 0 Å². The number of hydrogen-bond acceptors (Lipinski definition) is 3. The lowest BCUT2D eigenvalue weighted by atomic mass is 10.3. The molecule has 3 heteroatoms. The van der Waals surface area contributed by atoms with Gasteiger partial charge in [0.2, 0.25) is 0 Å². The second-order valence-electron chi connectivity index (χ2n) is 2.85. The summed E-state index contributed by atoms with van der Waals surface area (Å²) in [5, 5.41) is 9.39. The minimum Gasteiger partial charge on any atom is -0.395 e. The summed E-state index contributed by atoms with van der Waals surface area (Å²) in [5.74, 6) is 1.15. The lowest BCUT2D eigenvalue weighted by molar-refractivity contribution is 0.301. The summed E-state index contributed by atoms with van der Waals surface area (Å²) < 4.78 is 0.770. The van der Waals surface area contributed by atoms with Gasteiger partial charge < -0.3 is 5.11 Å². The summed E-state index contributed by atoms with van der Waals surface area (Å²) in [6, 6.07) is 0. The van der Waals surface area contributed by atoms with Gasteiger partial charge in [-0.1, -0.05) is 19.8 Å². The third-order valence-electron chi connectivity index (χ3n) is 1.81. The molecule has 1 heterocycles. The van der Waals surface area contributed by atoms with Crippen molar-refractivity contribution in [3.8, 4) is 0 Å². The molecule has 1 fully saturated rings. The molecule has 0 radical (unpaired) electrons. The normalized spacial score (nSPS) is 31.1. The van der Waals surface area contributed by atoms with Gasteiger partial charge >= 0.3 is 0 Å². The summed E-state index contributed by atoms with van der Waals surface area (Å²) in [7, 11) is 0. The highest BCUT2D eigenvalue weighted by molar-refractivity contribution is 8.20. The zero-order chi connectivity index (χ0) is 8.10. The van der Waals surface area contributed by atoms with E-state index in [0.29, 0.717) is 11.9 Å². The lowest BCUT2D eigenvalue weighted by Crippen LogP contribution is -2.06. The maximum Gasteiger partial charge on any atom is 0.0558 e. The molecule has 1 aliphatic rings. The van der Waals surface area contributed by atoms with Gasteiger partial charge in [0.25, 0.3) is 0 Å². The van der Waals surface area contributed by atoms with Gasteiger partial charge in [0.1, 0.15) is 0 Å². The third-order valence-corrected chi connectivity index (χ3v) is 5.20. The molecular formula is C8H16OS2. The minimum absolute atomic E-state index is 0.361. The van der Waals surface area contributed by atoms with Crippen molar-refractivity contribution in [1.29, 1.82) is 0 Å². The van der Waals surface area contributed by atoms with Crippen LogP contribution in [0.3, 0.4) is 0 Å². The summed E-state index contributed by atoms with van der Waals surface area (Å²) >= 11 is 3.98. The molecule has 0 spiro atoms. The summed E-state index contributed by atoms with van der Waals surface area (Å²) in [4.78, 5) is 0. The van der Waals surface area contributed by atoms with Gasteiger partial charge in [-0.25, -0.2) is 0 Å². The first-order valence-electron chi connectivity index (χ1n) is 4.24. The zero-order valence-electron chi connectivity index (χ0n) is 6.95. The van der Waals surface area contributed by atoms with E-state index < -0.39 is 0 Å². The van der Waals surface area contributed by atoms with Crippen molar-refractivity contribution in [2.45, 2.75) is 36.0 Å².